The molecule has 0 radical (unpaired) electrons. The molecular weight excluding hydrogens is 248 g/mol. The molecule has 2 nitrogen and oxygen atoms in total. The van der Waals surface area contributed by atoms with Gasteiger partial charge in [-0.2, -0.15) is 0 Å². The average Bonchev–Trinajstić information content (AvgIpc) is 2.46. The van der Waals surface area contributed by atoms with Crippen LogP contribution in [0.25, 0.3) is 0 Å². The van der Waals surface area contributed by atoms with Crippen molar-refractivity contribution in [2.24, 2.45) is 5.92 Å². The summed E-state index contributed by atoms with van der Waals surface area (Å²) in [5.74, 6) is 0.752. The first kappa shape index (κ1) is 15.5. The summed E-state index contributed by atoms with van der Waals surface area (Å²) in [6.07, 6.45) is 5.51. The van der Waals surface area contributed by atoms with E-state index in [9.17, 15) is 5.11 Å². The van der Waals surface area contributed by atoms with Crippen molar-refractivity contribution in [1.82, 2.24) is 0 Å². The van der Waals surface area contributed by atoms with Crippen molar-refractivity contribution < 1.29 is 9.84 Å². The number of aliphatic hydroxyl groups excluding tert-OH is 1. The second-order valence-corrected chi connectivity index (χ2v) is 6.27. The standard InChI is InChI=1S/C18H28O2/c1-4-15-8-10-16(11-9-15)18(19)14(3)20-17-7-5-6-13(2)12-17/h8-11,13-14,17-19H,4-7,12H2,1-3H3. The maximum Gasteiger partial charge on any atom is 0.105 e. The molecule has 0 saturated heterocycles. The molecule has 1 aromatic carbocycles. The van der Waals surface area contributed by atoms with Crippen molar-refractivity contribution in [1.29, 1.82) is 0 Å². The van der Waals surface area contributed by atoms with Gasteiger partial charge in [0.1, 0.15) is 6.10 Å². The Morgan fingerprint density at radius 2 is 1.95 bits per heavy atom. The zero-order chi connectivity index (χ0) is 14.5. The quantitative estimate of drug-likeness (QED) is 0.870. The van der Waals surface area contributed by atoms with Crippen LogP contribution in [0.5, 0.6) is 0 Å². The minimum absolute atomic E-state index is 0.141. The van der Waals surface area contributed by atoms with Gasteiger partial charge in [0, 0.05) is 0 Å². The van der Waals surface area contributed by atoms with Crippen LogP contribution in [0.3, 0.4) is 0 Å². The van der Waals surface area contributed by atoms with E-state index in [0.717, 1.165) is 30.7 Å². The van der Waals surface area contributed by atoms with Crippen LogP contribution < -0.4 is 0 Å². The van der Waals surface area contributed by atoms with Crippen LogP contribution in [-0.2, 0) is 11.2 Å². The highest BCUT2D eigenvalue weighted by molar-refractivity contribution is 5.24. The van der Waals surface area contributed by atoms with Gasteiger partial charge in [-0.05, 0) is 43.2 Å². The van der Waals surface area contributed by atoms with Crippen LogP contribution in [0.15, 0.2) is 24.3 Å². The Bertz CT molecular complexity index is 398. The van der Waals surface area contributed by atoms with E-state index in [4.69, 9.17) is 4.74 Å². The van der Waals surface area contributed by atoms with Gasteiger partial charge in [-0.1, -0.05) is 51.0 Å². The van der Waals surface area contributed by atoms with Gasteiger partial charge in [-0.25, -0.2) is 0 Å². The third-order valence-electron chi connectivity index (χ3n) is 4.47. The molecule has 2 rings (SSSR count). The summed E-state index contributed by atoms with van der Waals surface area (Å²) >= 11 is 0. The summed E-state index contributed by atoms with van der Waals surface area (Å²) in [6, 6.07) is 8.22. The Kier molecular flexibility index (Phi) is 5.62. The highest BCUT2D eigenvalue weighted by Crippen LogP contribution is 2.29. The first-order valence-electron chi connectivity index (χ1n) is 8.02. The van der Waals surface area contributed by atoms with Crippen LogP contribution in [0.2, 0.25) is 0 Å². The van der Waals surface area contributed by atoms with Crippen molar-refractivity contribution in [2.75, 3.05) is 0 Å². The molecule has 1 aliphatic carbocycles. The van der Waals surface area contributed by atoms with Crippen molar-refractivity contribution >= 4 is 0 Å². The summed E-state index contributed by atoms with van der Waals surface area (Å²) in [5.41, 5.74) is 2.26. The van der Waals surface area contributed by atoms with Gasteiger partial charge in [-0.3, -0.25) is 0 Å². The lowest BCUT2D eigenvalue weighted by Gasteiger charge is -2.31. The normalized spacial score (nSPS) is 26.2. The molecule has 0 amide bonds. The number of hydrogen-bond donors (Lipinski definition) is 1. The summed E-state index contributed by atoms with van der Waals surface area (Å²) in [7, 11) is 0. The fraction of sp³-hybridized carbons (Fsp3) is 0.667. The van der Waals surface area contributed by atoms with Crippen LogP contribution in [0.4, 0.5) is 0 Å². The SMILES string of the molecule is CCc1ccc(C(O)C(C)OC2CCCC(C)C2)cc1. The predicted molar refractivity (Wildman–Crippen MR) is 82.7 cm³/mol. The molecular formula is C18H28O2. The summed E-state index contributed by atoms with van der Waals surface area (Å²) < 4.78 is 6.08. The monoisotopic (exact) mass is 276 g/mol. The second kappa shape index (κ2) is 7.24. The van der Waals surface area contributed by atoms with Crippen molar-refractivity contribution in [3.63, 3.8) is 0 Å². The molecule has 1 aliphatic rings. The number of hydrogen-bond acceptors (Lipinski definition) is 2. The van der Waals surface area contributed by atoms with E-state index in [-0.39, 0.29) is 6.10 Å². The van der Waals surface area contributed by atoms with Crippen molar-refractivity contribution in [3.8, 4) is 0 Å². The van der Waals surface area contributed by atoms with E-state index in [1.54, 1.807) is 0 Å². The molecule has 2 heteroatoms. The molecule has 0 aromatic heterocycles. The zero-order valence-corrected chi connectivity index (χ0v) is 13.0. The van der Waals surface area contributed by atoms with Gasteiger partial charge in [0.15, 0.2) is 0 Å². The number of rotatable bonds is 5. The van der Waals surface area contributed by atoms with Crippen LogP contribution in [0.1, 0.15) is 63.7 Å². The molecule has 1 N–H and O–H groups in total. The van der Waals surface area contributed by atoms with Gasteiger partial charge in [-0.15, -0.1) is 0 Å². The highest BCUT2D eigenvalue weighted by atomic mass is 16.5. The first-order valence-corrected chi connectivity index (χ1v) is 8.02. The lowest BCUT2D eigenvalue weighted by atomic mass is 9.88. The van der Waals surface area contributed by atoms with Crippen LogP contribution in [0, 0.1) is 5.92 Å². The Morgan fingerprint density at radius 1 is 1.25 bits per heavy atom. The molecule has 1 saturated carbocycles. The molecule has 0 aliphatic heterocycles. The molecule has 4 unspecified atom stereocenters. The number of aliphatic hydroxyl groups is 1. The lowest BCUT2D eigenvalue weighted by Crippen LogP contribution is -2.29. The third-order valence-corrected chi connectivity index (χ3v) is 4.47. The fourth-order valence-corrected chi connectivity index (χ4v) is 3.10. The van der Waals surface area contributed by atoms with Crippen molar-refractivity contribution in [3.05, 3.63) is 35.4 Å². The summed E-state index contributed by atoms with van der Waals surface area (Å²) in [5, 5.41) is 10.4. The van der Waals surface area contributed by atoms with Crippen LogP contribution in [-0.4, -0.2) is 17.3 Å². The third kappa shape index (κ3) is 4.07. The fourth-order valence-electron chi connectivity index (χ4n) is 3.10. The largest absolute Gasteiger partial charge is 0.386 e. The minimum Gasteiger partial charge on any atom is -0.386 e. The topological polar surface area (TPSA) is 29.5 Å². The molecule has 0 spiro atoms. The molecule has 0 heterocycles. The van der Waals surface area contributed by atoms with Gasteiger partial charge in [0.05, 0.1) is 12.2 Å². The average molecular weight is 276 g/mol. The first-order chi connectivity index (χ1) is 9.60. The number of aryl methyl sites for hydroxylation is 1. The Balaban J connectivity index is 1.91. The van der Waals surface area contributed by atoms with Crippen LogP contribution >= 0.6 is 0 Å². The Hall–Kier alpha value is -0.860. The van der Waals surface area contributed by atoms with E-state index in [2.05, 4.69) is 26.0 Å². The van der Waals surface area contributed by atoms with E-state index in [1.165, 1.54) is 18.4 Å². The van der Waals surface area contributed by atoms with E-state index >= 15 is 0 Å². The Morgan fingerprint density at radius 3 is 2.55 bits per heavy atom. The van der Waals surface area contributed by atoms with E-state index in [0.29, 0.717) is 6.10 Å². The van der Waals surface area contributed by atoms with Gasteiger partial charge in [0.25, 0.3) is 0 Å². The minimum atomic E-state index is -0.530. The van der Waals surface area contributed by atoms with Crippen molar-refractivity contribution in [2.45, 2.75) is 71.2 Å². The highest BCUT2D eigenvalue weighted by Gasteiger charge is 2.25. The lowest BCUT2D eigenvalue weighted by molar-refractivity contribution is -0.0849. The van der Waals surface area contributed by atoms with E-state index in [1.807, 2.05) is 19.1 Å². The molecule has 0 bridgehead atoms. The van der Waals surface area contributed by atoms with E-state index < -0.39 is 6.10 Å². The zero-order valence-electron chi connectivity index (χ0n) is 13.0. The smallest absolute Gasteiger partial charge is 0.105 e. The maximum atomic E-state index is 10.4. The second-order valence-electron chi connectivity index (χ2n) is 6.27. The molecule has 1 aromatic rings. The maximum absolute atomic E-state index is 10.4. The number of ether oxygens (including phenoxy) is 1. The predicted octanol–water partition coefficient (Wildman–Crippen LogP) is 4.27. The molecule has 4 atom stereocenters. The molecule has 1 fully saturated rings. The summed E-state index contributed by atoms with van der Waals surface area (Å²) in [4.78, 5) is 0. The Labute approximate surface area is 123 Å². The van der Waals surface area contributed by atoms with Gasteiger partial charge < -0.3 is 9.84 Å². The van der Waals surface area contributed by atoms with Gasteiger partial charge in [0.2, 0.25) is 0 Å². The molecule has 20 heavy (non-hydrogen) atoms. The molecule has 112 valence electrons. The number of benzene rings is 1. The van der Waals surface area contributed by atoms with Gasteiger partial charge >= 0.3 is 0 Å². The summed E-state index contributed by atoms with van der Waals surface area (Å²) in [6.45, 7) is 6.42.